The third-order valence-electron chi connectivity index (χ3n) is 7.59. The highest BCUT2D eigenvalue weighted by atomic mass is 19.3. The Balaban J connectivity index is 1.63. The van der Waals surface area contributed by atoms with E-state index in [0.29, 0.717) is 44.9 Å². The molecule has 0 spiro atoms. The summed E-state index contributed by atoms with van der Waals surface area (Å²) in [5, 5.41) is 9.15. The number of hydrogen-bond donors (Lipinski definition) is 1. The summed E-state index contributed by atoms with van der Waals surface area (Å²) in [7, 11) is 0. The molecule has 5 rings (SSSR count). The molecule has 2 unspecified atom stereocenters. The number of carbonyl (C=O) groups is 3. The Labute approximate surface area is 168 Å². The summed E-state index contributed by atoms with van der Waals surface area (Å²) in [6.45, 7) is 1.34. The lowest BCUT2D eigenvalue weighted by Gasteiger charge is -2.60. The number of carbonyl (C=O) groups excluding carboxylic acids is 2. The standard InChI is InChI=1S/C21H28F2O6/c1-13(24)28-19-10-14-7-15(11-19)9-18(8-14,12-19)17(27)29-20(5-3-2-4-6-20)21(22,23)16(25)26/h14-15H,2-12H2,1H3,(H,25,26). The van der Waals surface area contributed by atoms with Crippen molar-refractivity contribution in [2.75, 3.05) is 0 Å². The van der Waals surface area contributed by atoms with Crippen molar-refractivity contribution in [3.63, 3.8) is 0 Å². The van der Waals surface area contributed by atoms with E-state index in [1.165, 1.54) is 6.92 Å². The molecule has 29 heavy (non-hydrogen) atoms. The SMILES string of the molecule is CC(=O)OC12CC3CC(C1)CC(C(=O)OC1(C(F)(F)C(=O)O)CCCCC1)(C3)C2. The molecule has 5 aliphatic rings. The number of halogens is 2. The lowest BCUT2D eigenvalue weighted by atomic mass is 9.48. The van der Waals surface area contributed by atoms with Gasteiger partial charge in [-0.1, -0.05) is 6.42 Å². The fourth-order valence-corrected chi connectivity index (χ4v) is 6.93. The normalized spacial score (nSPS) is 37.8. The maximum absolute atomic E-state index is 14.7. The second-order valence-corrected chi connectivity index (χ2v) is 9.84. The smallest absolute Gasteiger partial charge is 0.381 e. The van der Waals surface area contributed by atoms with Crippen LogP contribution in [0.2, 0.25) is 0 Å². The van der Waals surface area contributed by atoms with Crippen LogP contribution >= 0.6 is 0 Å². The van der Waals surface area contributed by atoms with Crippen LogP contribution in [-0.2, 0) is 23.9 Å². The van der Waals surface area contributed by atoms with Crippen molar-refractivity contribution in [2.24, 2.45) is 17.3 Å². The first-order chi connectivity index (χ1) is 13.5. The van der Waals surface area contributed by atoms with Gasteiger partial charge in [-0.05, 0) is 69.6 Å². The molecule has 6 nitrogen and oxygen atoms in total. The number of carboxylic acid groups (broad SMARTS) is 1. The highest BCUT2D eigenvalue weighted by molar-refractivity contribution is 5.81. The lowest BCUT2D eigenvalue weighted by molar-refractivity contribution is -0.248. The fraction of sp³-hybridized carbons (Fsp3) is 0.857. The molecule has 5 fully saturated rings. The topological polar surface area (TPSA) is 89.9 Å². The number of carboxylic acids is 1. The number of ether oxygens (including phenoxy) is 2. The second kappa shape index (κ2) is 6.64. The number of hydrogen-bond acceptors (Lipinski definition) is 5. The first-order valence-corrected chi connectivity index (χ1v) is 10.6. The van der Waals surface area contributed by atoms with Crippen LogP contribution in [0.25, 0.3) is 0 Å². The molecular formula is C21H28F2O6. The molecule has 0 aliphatic heterocycles. The monoisotopic (exact) mass is 414 g/mol. The summed E-state index contributed by atoms with van der Waals surface area (Å²) < 4.78 is 40.6. The molecule has 2 atom stereocenters. The summed E-state index contributed by atoms with van der Waals surface area (Å²) in [6, 6.07) is 0. The van der Waals surface area contributed by atoms with Gasteiger partial charge in [-0.2, -0.15) is 8.78 Å². The molecular weight excluding hydrogens is 386 g/mol. The van der Waals surface area contributed by atoms with E-state index in [0.717, 1.165) is 6.42 Å². The average Bonchev–Trinajstić information content (AvgIpc) is 2.60. The Morgan fingerprint density at radius 1 is 0.966 bits per heavy atom. The lowest BCUT2D eigenvalue weighted by Crippen LogP contribution is -2.63. The molecule has 0 heterocycles. The van der Waals surface area contributed by atoms with Gasteiger partial charge in [-0.3, -0.25) is 9.59 Å². The van der Waals surface area contributed by atoms with Crippen molar-refractivity contribution in [3.8, 4) is 0 Å². The predicted molar refractivity (Wildman–Crippen MR) is 96.1 cm³/mol. The van der Waals surface area contributed by atoms with E-state index in [1.54, 1.807) is 0 Å². The van der Waals surface area contributed by atoms with Gasteiger partial charge in [0.15, 0.2) is 5.60 Å². The van der Waals surface area contributed by atoms with E-state index in [4.69, 9.17) is 14.6 Å². The number of aliphatic carboxylic acids is 1. The Morgan fingerprint density at radius 3 is 2.07 bits per heavy atom. The minimum absolute atomic E-state index is 0.157. The number of esters is 2. The van der Waals surface area contributed by atoms with Crippen LogP contribution in [-0.4, -0.2) is 40.1 Å². The maximum atomic E-state index is 14.7. The molecule has 1 N–H and O–H groups in total. The van der Waals surface area contributed by atoms with Crippen molar-refractivity contribution in [2.45, 2.75) is 94.7 Å². The van der Waals surface area contributed by atoms with Gasteiger partial charge >= 0.3 is 23.8 Å². The molecule has 0 amide bonds. The molecule has 0 aromatic heterocycles. The first-order valence-electron chi connectivity index (χ1n) is 10.6. The Kier molecular flexibility index (Phi) is 4.70. The molecule has 0 aromatic rings. The molecule has 162 valence electrons. The highest BCUT2D eigenvalue weighted by Gasteiger charge is 2.67. The fourth-order valence-electron chi connectivity index (χ4n) is 6.93. The van der Waals surface area contributed by atoms with Gasteiger partial charge in [-0.25, -0.2) is 4.79 Å². The van der Waals surface area contributed by atoms with Gasteiger partial charge < -0.3 is 14.6 Å². The zero-order valence-corrected chi connectivity index (χ0v) is 16.7. The third kappa shape index (κ3) is 3.22. The van der Waals surface area contributed by atoms with Crippen LogP contribution in [0.4, 0.5) is 8.78 Å². The van der Waals surface area contributed by atoms with Crippen molar-refractivity contribution < 1.29 is 37.7 Å². The van der Waals surface area contributed by atoms with Crippen LogP contribution in [0, 0.1) is 17.3 Å². The van der Waals surface area contributed by atoms with E-state index in [-0.39, 0.29) is 31.1 Å². The third-order valence-corrected chi connectivity index (χ3v) is 7.59. The first kappa shape index (κ1) is 20.5. The van der Waals surface area contributed by atoms with Crippen molar-refractivity contribution in [1.29, 1.82) is 0 Å². The zero-order chi connectivity index (χ0) is 21.1. The van der Waals surface area contributed by atoms with E-state index < -0.39 is 40.4 Å². The molecule has 0 aromatic carbocycles. The van der Waals surface area contributed by atoms with Gasteiger partial charge in [0.25, 0.3) is 0 Å². The van der Waals surface area contributed by atoms with Crippen LogP contribution in [0.3, 0.4) is 0 Å². The Hall–Kier alpha value is -1.73. The summed E-state index contributed by atoms with van der Waals surface area (Å²) in [5.74, 6) is -7.16. The van der Waals surface area contributed by atoms with E-state index in [2.05, 4.69) is 0 Å². The van der Waals surface area contributed by atoms with Crippen LogP contribution in [0.15, 0.2) is 0 Å². The van der Waals surface area contributed by atoms with Crippen molar-refractivity contribution in [3.05, 3.63) is 0 Å². The molecule has 8 heteroatoms. The van der Waals surface area contributed by atoms with Crippen LogP contribution in [0.5, 0.6) is 0 Å². The quantitative estimate of drug-likeness (QED) is 0.687. The highest BCUT2D eigenvalue weighted by Crippen LogP contribution is 2.63. The van der Waals surface area contributed by atoms with Gasteiger partial charge in [-0.15, -0.1) is 0 Å². The molecule has 5 saturated carbocycles. The summed E-state index contributed by atoms with van der Waals surface area (Å²) in [4.78, 5) is 36.4. The second-order valence-electron chi connectivity index (χ2n) is 9.84. The molecule has 4 bridgehead atoms. The maximum Gasteiger partial charge on any atom is 0.381 e. The van der Waals surface area contributed by atoms with E-state index in [1.807, 2.05) is 0 Å². The number of rotatable bonds is 5. The summed E-state index contributed by atoms with van der Waals surface area (Å²) in [5.41, 5.74) is -4.01. The summed E-state index contributed by atoms with van der Waals surface area (Å²) >= 11 is 0. The molecule has 0 radical (unpaired) electrons. The predicted octanol–water partition coefficient (Wildman–Crippen LogP) is 3.85. The Morgan fingerprint density at radius 2 is 1.55 bits per heavy atom. The minimum Gasteiger partial charge on any atom is -0.477 e. The zero-order valence-electron chi connectivity index (χ0n) is 16.7. The number of alkyl halides is 2. The van der Waals surface area contributed by atoms with E-state index >= 15 is 0 Å². The largest absolute Gasteiger partial charge is 0.477 e. The average molecular weight is 414 g/mol. The van der Waals surface area contributed by atoms with E-state index in [9.17, 15) is 23.2 Å². The van der Waals surface area contributed by atoms with Crippen molar-refractivity contribution in [1.82, 2.24) is 0 Å². The van der Waals surface area contributed by atoms with Crippen LogP contribution < -0.4 is 0 Å². The van der Waals surface area contributed by atoms with Gasteiger partial charge in [0.2, 0.25) is 0 Å². The van der Waals surface area contributed by atoms with Gasteiger partial charge in [0.1, 0.15) is 5.60 Å². The Bertz CT molecular complexity index is 713. The molecule has 5 aliphatic carbocycles. The van der Waals surface area contributed by atoms with Crippen molar-refractivity contribution >= 4 is 17.9 Å². The molecule has 0 saturated heterocycles. The van der Waals surface area contributed by atoms with Gasteiger partial charge in [0.05, 0.1) is 5.41 Å². The van der Waals surface area contributed by atoms with Gasteiger partial charge in [0, 0.05) is 13.3 Å². The summed E-state index contributed by atoms with van der Waals surface area (Å²) in [6.07, 6.45) is 4.83. The van der Waals surface area contributed by atoms with Crippen LogP contribution in [0.1, 0.15) is 77.6 Å². The minimum atomic E-state index is -4.14.